The van der Waals surface area contributed by atoms with Crippen molar-refractivity contribution in [1.29, 1.82) is 0 Å². The summed E-state index contributed by atoms with van der Waals surface area (Å²) in [5.41, 5.74) is 0.464. The van der Waals surface area contributed by atoms with Crippen molar-refractivity contribution in [3.8, 4) is 0 Å². The standard InChI is InChI=1S/C16H26N4/c1-16(6-4-7-17-13-16)14-19-9-11-20(12-10-19)15-5-2-3-8-18-15/h2-3,5,8,17H,4,6-7,9-14H2,1H3. The summed E-state index contributed by atoms with van der Waals surface area (Å²) in [6.07, 6.45) is 4.57. The number of anilines is 1. The topological polar surface area (TPSA) is 31.4 Å². The van der Waals surface area contributed by atoms with Crippen molar-refractivity contribution in [2.24, 2.45) is 5.41 Å². The van der Waals surface area contributed by atoms with E-state index in [1.807, 2.05) is 12.3 Å². The molecule has 0 radical (unpaired) electrons. The van der Waals surface area contributed by atoms with Gasteiger partial charge in [0.2, 0.25) is 0 Å². The maximum absolute atomic E-state index is 4.45. The van der Waals surface area contributed by atoms with Gasteiger partial charge >= 0.3 is 0 Å². The van der Waals surface area contributed by atoms with Crippen LogP contribution in [0.25, 0.3) is 0 Å². The highest BCUT2D eigenvalue weighted by Gasteiger charge is 2.30. The molecule has 3 rings (SSSR count). The van der Waals surface area contributed by atoms with Crippen LogP contribution in [-0.2, 0) is 0 Å². The van der Waals surface area contributed by atoms with Gasteiger partial charge in [-0.25, -0.2) is 4.98 Å². The summed E-state index contributed by atoms with van der Waals surface area (Å²) >= 11 is 0. The minimum Gasteiger partial charge on any atom is -0.354 e. The van der Waals surface area contributed by atoms with E-state index in [4.69, 9.17) is 0 Å². The summed E-state index contributed by atoms with van der Waals surface area (Å²) in [6, 6.07) is 6.17. The van der Waals surface area contributed by atoms with Crippen LogP contribution in [0.5, 0.6) is 0 Å². The fourth-order valence-corrected chi connectivity index (χ4v) is 3.47. The zero-order valence-corrected chi connectivity index (χ0v) is 12.5. The quantitative estimate of drug-likeness (QED) is 0.907. The Labute approximate surface area is 122 Å². The van der Waals surface area contributed by atoms with E-state index < -0.39 is 0 Å². The van der Waals surface area contributed by atoms with Gasteiger partial charge in [0.15, 0.2) is 0 Å². The van der Waals surface area contributed by atoms with Crippen molar-refractivity contribution >= 4 is 5.82 Å². The molecule has 0 saturated carbocycles. The Kier molecular flexibility index (Phi) is 4.22. The van der Waals surface area contributed by atoms with E-state index in [-0.39, 0.29) is 0 Å². The molecule has 2 fully saturated rings. The summed E-state index contributed by atoms with van der Waals surface area (Å²) < 4.78 is 0. The zero-order chi connectivity index (χ0) is 13.8. The van der Waals surface area contributed by atoms with Crippen molar-refractivity contribution in [2.45, 2.75) is 19.8 Å². The molecule has 1 aromatic heterocycles. The second-order valence-corrected chi connectivity index (χ2v) is 6.54. The van der Waals surface area contributed by atoms with E-state index in [1.165, 1.54) is 32.5 Å². The first-order valence-corrected chi connectivity index (χ1v) is 7.84. The van der Waals surface area contributed by atoms with Crippen molar-refractivity contribution < 1.29 is 0 Å². The number of nitrogens with zero attached hydrogens (tertiary/aromatic N) is 3. The minimum absolute atomic E-state index is 0.464. The predicted molar refractivity (Wildman–Crippen MR) is 83.1 cm³/mol. The Morgan fingerprint density at radius 3 is 2.75 bits per heavy atom. The fraction of sp³-hybridized carbons (Fsp3) is 0.688. The molecule has 1 atom stereocenters. The van der Waals surface area contributed by atoms with Crippen LogP contribution in [-0.4, -0.2) is 55.7 Å². The third kappa shape index (κ3) is 3.30. The first kappa shape index (κ1) is 13.8. The highest BCUT2D eigenvalue weighted by molar-refractivity contribution is 5.38. The third-order valence-electron chi connectivity index (χ3n) is 4.64. The molecule has 0 bridgehead atoms. The molecule has 2 aliphatic heterocycles. The molecule has 2 saturated heterocycles. The number of hydrogen-bond acceptors (Lipinski definition) is 4. The molecule has 1 N–H and O–H groups in total. The number of piperidine rings is 1. The maximum atomic E-state index is 4.45. The first-order valence-electron chi connectivity index (χ1n) is 7.84. The second kappa shape index (κ2) is 6.10. The van der Waals surface area contributed by atoms with Crippen molar-refractivity contribution in [3.63, 3.8) is 0 Å². The maximum Gasteiger partial charge on any atom is 0.128 e. The minimum atomic E-state index is 0.464. The molecule has 4 nitrogen and oxygen atoms in total. The van der Waals surface area contributed by atoms with Crippen LogP contribution >= 0.6 is 0 Å². The average Bonchev–Trinajstić information content (AvgIpc) is 2.49. The van der Waals surface area contributed by atoms with Gasteiger partial charge in [-0.2, -0.15) is 0 Å². The molecule has 0 aliphatic carbocycles. The Hall–Kier alpha value is -1.13. The lowest BCUT2D eigenvalue weighted by atomic mass is 9.82. The first-order chi connectivity index (χ1) is 9.75. The number of rotatable bonds is 3. The summed E-state index contributed by atoms with van der Waals surface area (Å²) in [7, 11) is 0. The van der Waals surface area contributed by atoms with E-state index in [2.05, 4.69) is 39.2 Å². The van der Waals surface area contributed by atoms with Gasteiger partial charge in [0.05, 0.1) is 0 Å². The molecule has 1 aromatic rings. The monoisotopic (exact) mass is 274 g/mol. The SMILES string of the molecule is CC1(CN2CCN(c3ccccn3)CC2)CCCNC1. The average molecular weight is 274 g/mol. The molecule has 0 amide bonds. The van der Waals surface area contributed by atoms with Crippen LogP contribution in [0.3, 0.4) is 0 Å². The van der Waals surface area contributed by atoms with Crippen LogP contribution in [0.4, 0.5) is 5.82 Å². The van der Waals surface area contributed by atoms with Crippen LogP contribution in [0.2, 0.25) is 0 Å². The molecule has 4 heteroatoms. The van der Waals surface area contributed by atoms with Gasteiger partial charge in [-0.05, 0) is 36.9 Å². The number of nitrogens with one attached hydrogen (secondary N) is 1. The lowest BCUT2D eigenvalue weighted by molar-refractivity contribution is 0.128. The molecule has 0 aromatic carbocycles. The molecule has 3 heterocycles. The highest BCUT2D eigenvalue weighted by Crippen LogP contribution is 2.27. The van der Waals surface area contributed by atoms with E-state index in [0.717, 1.165) is 32.0 Å². The van der Waals surface area contributed by atoms with Gasteiger partial charge in [0, 0.05) is 45.5 Å². The van der Waals surface area contributed by atoms with E-state index >= 15 is 0 Å². The summed E-state index contributed by atoms with van der Waals surface area (Å²) in [5.74, 6) is 1.12. The fourth-order valence-electron chi connectivity index (χ4n) is 3.47. The summed E-state index contributed by atoms with van der Waals surface area (Å²) in [6.45, 7) is 10.6. The lowest BCUT2D eigenvalue weighted by Crippen LogP contribution is -2.52. The van der Waals surface area contributed by atoms with Crippen LogP contribution < -0.4 is 10.2 Å². The number of piperazine rings is 1. The van der Waals surface area contributed by atoms with Crippen LogP contribution in [0, 0.1) is 5.41 Å². The van der Waals surface area contributed by atoms with Crippen LogP contribution in [0.1, 0.15) is 19.8 Å². The Morgan fingerprint density at radius 1 is 1.25 bits per heavy atom. The van der Waals surface area contributed by atoms with E-state index in [9.17, 15) is 0 Å². The molecular weight excluding hydrogens is 248 g/mol. The van der Waals surface area contributed by atoms with Gasteiger partial charge in [-0.1, -0.05) is 13.0 Å². The normalized spacial score (nSPS) is 28.6. The van der Waals surface area contributed by atoms with Crippen molar-refractivity contribution in [3.05, 3.63) is 24.4 Å². The van der Waals surface area contributed by atoms with Gasteiger partial charge in [0.1, 0.15) is 5.82 Å². The Morgan fingerprint density at radius 2 is 2.10 bits per heavy atom. The molecule has 110 valence electrons. The molecule has 2 aliphatic rings. The highest BCUT2D eigenvalue weighted by atomic mass is 15.3. The van der Waals surface area contributed by atoms with E-state index in [1.54, 1.807) is 0 Å². The lowest BCUT2D eigenvalue weighted by Gasteiger charge is -2.42. The number of hydrogen-bond donors (Lipinski definition) is 1. The molecule has 20 heavy (non-hydrogen) atoms. The zero-order valence-electron chi connectivity index (χ0n) is 12.5. The smallest absolute Gasteiger partial charge is 0.128 e. The van der Waals surface area contributed by atoms with E-state index in [0.29, 0.717) is 5.41 Å². The van der Waals surface area contributed by atoms with Gasteiger partial charge in [-0.15, -0.1) is 0 Å². The largest absolute Gasteiger partial charge is 0.354 e. The summed E-state index contributed by atoms with van der Waals surface area (Å²) in [5, 5.41) is 3.55. The number of pyridine rings is 1. The second-order valence-electron chi connectivity index (χ2n) is 6.54. The third-order valence-corrected chi connectivity index (χ3v) is 4.64. The van der Waals surface area contributed by atoms with Crippen molar-refractivity contribution in [2.75, 3.05) is 50.7 Å². The molecular formula is C16H26N4. The number of aromatic nitrogens is 1. The van der Waals surface area contributed by atoms with Crippen molar-refractivity contribution in [1.82, 2.24) is 15.2 Å². The Balaban J connectivity index is 1.51. The summed E-state index contributed by atoms with van der Waals surface area (Å²) in [4.78, 5) is 9.49. The Bertz CT molecular complexity index is 406. The predicted octanol–water partition coefficient (Wildman–Crippen LogP) is 1.59. The van der Waals surface area contributed by atoms with Gasteiger partial charge in [-0.3, -0.25) is 4.90 Å². The molecule has 1 unspecified atom stereocenters. The van der Waals surface area contributed by atoms with Crippen LogP contribution in [0.15, 0.2) is 24.4 Å². The van der Waals surface area contributed by atoms with Gasteiger partial charge < -0.3 is 10.2 Å². The van der Waals surface area contributed by atoms with Gasteiger partial charge in [0.25, 0.3) is 0 Å². The molecule has 0 spiro atoms.